The van der Waals surface area contributed by atoms with Gasteiger partial charge in [0.2, 0.25) is 0 Å². The zero-order valence-corrected chi connectivity index (χ0v) is 13.7. The summed E-state index contributed by atoms with van der Waals surface area (Å²) in [7, 11) is 0. The summed E-state index contributed by atoms with van der Waals surface area (Å²) in [6.45, 7) is 2.42. The number of hydrogen-bond acceptors (Lipinski definition) is 2. The molecular formula is C20H25N3. The molecule has 5 rings (SSSR count). The number of nitrogens with one attached hydrogen (secondary N) is 1. The monoisotopic (exact) mass is 307 g/mol. The van der Waals surface area contributed by atoms with Crippen molar-refractivity contribution in [2.45, 2.75) is 56.9 Å². The second-order valence-corrected chi connectivity index (χ2v) is 7.52. The van der Waals surface area contributed by atoms with E-state index >= 15 is 0 Å². The molecule has 3 heteroatoms. The predicted octanol–water partition coefficient (Wildman–Crippen LogP) is 4.47. The maximum Gasteiger partial charge on any atom is 0.0956 e. The highest BCUT2D eigenvalue weighted by molar-refractivity contribution is 5.92. The molecule has 1 atom stereocenters. The molecule has 1 saturated carbocycles. The molecule has 0 spiro atoms. The van der Waals surface area contributed by atoms with Gasteiger partial charge in [0.1, 0.15) is 0 Å². The van der Waals surface area contributed by atoms with Crippen molar-refractivity contribution in [2.75, 3.05) is 13.1 Å². The molecule has 2 aliphatic heterocycles. The second kappa shape index (κ2) is 5.48. The maximum absolute atomic E-state index is 4.74. The number of piperidine rings is 1. The predicted molar refractivity (Wildman–Crippen MR) is 94.5 cm³/mol. The molecule has 2 aromatic rings. The maximum atomic E-state index is 4.74. The normalized spacial score (nSPS) is 25.9. The fraction of sp³-hybridized carbons (Fsp3) is 0.550. The number of pyridine rings is 1. The molecule has 0 bridgehead atoms. The molecule has 1 unspecified atom stereocenters. The summed E-state index contributed by atoms with van der Waals surface area (Å²) in [5.41, 5.74) is 6.90. The van der Waals surface area contributed by atoms with Gasteiger partial charge >= 0.3 is 0 Å². The number of aromatic nitrogens is 2. The van der Waals surface area contributed by atoms with Crippen molar-refractivity contribution >= 4 is 16.6 Å². The third kappa shape index (κ3) is 2.25. The number of aromatic amines is 1. The Balaban J connectivity index is 1.59. The van der Waals surface area contributed by atoms with E-state index in [0.29, 0.717) is 0 Å². The van der Waals surface area contributed by atoms with Crippen LogP contribution < -0.4 is 0 Å². The lowest BCUT2D eigenvalue weighted by atomic mass is 9.79. The van der Waals surface area contributed by atoms with Crippen LogP contribution >= 0.6 is 0 Å². The summed E-state index contributed by atoms with van der Waals surface area (Å²) in [5, 5.41) is 0. The molecule has 1 N–H and O–H groups in total. The molecule has 120 valence electrons. The first-order valence-corrected chi connectivity index (χ1v) is 9.30. The van der Waals surface area contributed by atoms with Gasteiger partial charge in [0.15, 0.2) is 0 Å². The first-order valence-electron chi connectivity index (χ1n) is 9.30. The van der Waals surface area contributed by atoms with Crippen LogP contribution in [0.3, 0.4) is 0 Å². The highest BCUT2D eigenvalue weighted by Gasteiger charge is 2.31. The first-order chi connectivity index (χ1) is 11.4. The Hall–Kier alpha value is -1.61. The third-order valence-corrected chi connectivity index (χ3v) is 6.19. The Kier molecular flexibility index (Phi) is 3.29. The van der Waals surface area contributed by atoms with Crippen LogP contribution in [0.4, 0.5) is 0 Å². The molecule has 3 aliphatic rings. The molecule has 1 saturated heterocycles. The van der Waals surface area contributed by atoms with Crippen LogP contribution in [-0.2, 0) is 0 Å². The van der Waals surface area contributed by atoms with Gasteiger partial charge in [0.25, 0.3) is 0 Å². The van der Waals surface area contributed by atoms with Gasteiger partial charge in [-0.1, -0.05) is 18.9 Å². The summed E-state index contributed by atoms with van der Waals surface area (Å²) in [6.07, 6.45) is 13.8. The lowest BCUT2D eigenvalue weighted by molar-refractivity contribution is 0.161. The average Bonchev–Trinajstić information content (AvgIpc) is 2.91. The topological polar surface area (TPSA) is 31.9 Å². The number of hydrogen-bond donors (Lipinski definition) is 1. The van der Waals surface area contributed by atoms with Gasteiger partial charge in [-0.2, -0.15) is 0 Å². The van der Waals surface area contributed by atoms with Crippen LogP contribution in [0.5, 0.6) is 0 Å². The SMILES string of the molecule is C1=C(c2c(C3CCC3)[nH]c3cccnc23)CC2CCCCN2C1. The van der Waals surface area contributed by atoms with E-state index in [2.05, 4.69) is 22.0 Å². The van der Waals surface area contributed by atoms with Crippen molar-refractivity contribution in [2.24, 2.45) is 0 Å². The Morgan fingerprint density at radius 3 is 2.96 bits per heavy atom. The minimum atomic E-state index is 0.726. The van der Waals surface area contributed by atoms with Gasteiger partial charge in [0, 0.05) is 30.0 Å². The van der Waals surface area contributed by atoms with E-state index in [4.69, 9.17) is 4.98 Å². The molecule has 2 fully saturated rings. The van der Waals surface area contributed by atoms with Crippen LogP contribution in [0.25, 0.3) is 16.6 Å². The Morgan fingerprint density at radius 2 is 2.09 bits per heavy atom. The van der Waals surface area contributed by atoms with E-state index in [1.165, 1.54) is 73.8 Å². The molecule has 0 aromatic carbocycles. The molecule has 4 heterocycles. The standard InChI is InChI=1S/C20H25N3/c1-2-11-23-12-9-15(13-16(23)7-1)18-19(14-5-3-6-14)22-17-8-4-10-21-20(17)18/h4,8-10,14,16,22H,1-3,5-7,11-13H2. The van der Waals surface area contributed by atoms with Gasteiger partial charge in [-0.3, -0.25) is 9.88 Å². The zero-order valence-electron chi connectivity index (χ0n) is 13.7. The lowest BCUT2D eigenvalue weighted by Gasteiger charge is -2.39. The zero-order chi connectivity index (χ0) is 15.2. The van der Waals surface area contributed by atoms with Crippen LogP contribution in [-0.4, -0.2) is 34.0 Å². The van der Waals surface area contributed by atoms with Crippen LogP contribution in [0.1, 0.15) is 62.1 Å². The lowest BCUT2D eigenvalue weighted by Crippen LogP contribution is -2.41. The molecule has 23 heavy (non-hydrogen) atoms. The summed E-state index contributed by atoms with van der Waals surface area (Å²) in [6, 6.07) is 4.99. The van der Waals surface area contributed by atoms with Gasteiger partial charge in [-0.25, -0.2) is 0 Å². The largest absolute Gasteiger partial charge is 0.356 e. The average molecular weight is 307 g/mol. The van der Waals surface area contributed by atoms with Gasteiger partial charge in [-0.05, 0) is 62.3 Å². The van der Waals surface area contributed by atoms with Crippen molar-refractivity contribution in [3.8, 4) is 0 Å². The number of fused-ring (bicyclic) bond motifs is 2. The summed E-state index contributed by atoms with van der Waals surface area (Å²) < 4.78 is 0. The van der Waals surface area contributed by atoms with E-state index in [9.17, 15) is 0 Å². The summed E-state index contributed by atoms with van der Waals surface area (Å²) in [5.74, 6) is 0.726. The Morgan fingerprint density at radius 1 is 1.13 bits per heavy atom. The van der Waals surface area contributed by atoms with Crippen LogP contribution in [0.15, 0.2) is 24.4 Å². The fourth-order valence-corrected chi connectivity index (χ4v) is 4.67. The van der Waals surface area contributed by atoms with E-state index in [1.54, 1.807) is 5.57 Å². The van der Waals surface area contributed by atoms with Gasteiger partial charge < -0.3 is 4.98 Å². The number of H-pyrrole nitrogens is 1. The van der Waals surface area contributed by atoms with Gasteiger partial charge in [-0.15, -0.1) is 0 Å². The van der Waals surface area contributed by atoms with E-state index in [1.807, 2.05) is 12.3 Å². The summed E-state index contributed by atoms with van der Waals surface area (Å²) >= 11 is 0. The quantitative estimate of drug-likeness (QED) is 0.887. The van der Waals surface area contributed by atoms with Crippen LogP contribution in [0.2, 0.25) is 0 Å². The minimum absolute atomic E-state index is 0.726. The molecule has 1 aliphatic carbocycles. The third-order valence-electron chi connectivity index (χ3n) is 6.19. The highest BCUT2D eigenvalue weighted by Crippen LogP contribution is 2.44. The van der Waals surface area contributed by atoms with E-state index < -0.39 is 0 Å². The minimum Gasteiger partial charge on any atom is -0.356 e. The molecule has 0 amide bonds. The van der Waals surface area contributed by atoms with Crippen molar-refractivity contribution < 1.29 is 0 Å². The molecular weight excluding hydrogens is 282 g/mol. The first kappa shape index (κ1) is 13.8. The summed E-state index contributed by atoms with van der Waals surface area (Å²) in [4.78, 5) is 11.1. The Bertz CT molecular complexity index is 753. The van der Waals surface area contributed by atoms with E-state index in [-0.39, 0.29) is 0 Å². The van der Waals surface area contributed by atoms with Crippen molar-refractivity contribution in [1.29, 1.82) is 0 Å². The molecule has 2 aromatic heterocycles. The highest BCUT2D eigenvalue weighted by atomic mass is 15.2. The smallest absolute Gasteiger partial charge is 0.0956 e. The van der Waals surface area contributed by atoms with Gasteiger partial charge in [0.05, 0.1) is 11.0 Å². The second-order valence-electron chi connectivity index (χ2n) is 7.52. The van der Waals surface area contributed by atoms with E-state index in [0.717, 1.165) is 18.5 Å². The fourth-order valence-electron chi connectivity index (χ4n) is 4.67. The Labute approximate surface area is 137 Å². The van der Waals surface area contributed by atoms with Crippen molar-refractivity contribution in [1.82, 2.24) is 14.9 Å². The number of rotatable bonds is 2. The van der Waals surface area contributed by atoms with Crippen LogP contribution in [0, 0.1) is 0 Å². The molecule has 3 nitrogen and oxygen atoms in total. The molecule has 0 radical (unpaired) electrons. The van der Waals surface area contributed by atoms with Crippen molar-refractivity contribution in [3.05, 3.63) is 35.7 Å². The number of nitrogens with zero attached hydrogens (tertiary/aromatic N) is 2. The van der Waals surface area contributed by atoms with Crippen molar-refractivity contribution in [3.63, 3.8) is 0 Å².